The molecule has 0 bridgehead atoms. The number of rotatable bonds is 7. The first-order valence-electron chi connectivity index (χ1n) is 8.56. The lowest BCUT2D eigenvalue weighted by molar-refractivity contribution is -0.142. The topological polar surface area (TPSA) is 79.7 Å². The first-order valence-corrected chi connectivity index (χ1v) is 8.56. The number of carbonyl (C=O) groups is 2. The van der Waals surface area contributed by atoms with Gasteiger partial charge in [0.05, 0.1) is 11.6 Å². The highest BCUT2D eigenvalue weighted by Gasteiger charge is 2.38. The highest BCUT2D eigenvalue weighted by molar-refractivity contribution is 5.80. The highest BCUT2D eigenvalue weighted by atomic mass is 16.5. The lowest BCUT2D eigenvalue weighted by atomic mass is 9.92. The van der Waals surface area contributed by atoms with Crippen molar-refractivity contribution in [1.82, 2.24) is 9.88 Å². The van der Waals surface area contributed by atoms with E-state index in [-0.39, 0.29) is 25.0 Å². The number of nitrogens with zero attached hydrogens (tertiary/aromatic N) is 2. The number of pyridine rings is 1. The standard InChI is InChI=1S/C18H26N2O4/c1-4-6-13-9-20(10-14(13)18(22)23)17(21)11-24-16-8-7-12(3)19-15(16)5-2/h7-8,13-14H,4-6,9-11H2,1-3H3,(H,22,23)/t13-,14-/m1/s1. The SMILES string of the molecule is CCC[C@@H]1CN(C(=O)COc2ccc(C)nc2CC)C[C@H]1C(=O)O. The largest absolute Gasteiger partial charge is 0.482 e. The third kappa shape index (κ3) is 4.24. The molecule has 1 amide bonds. The quantitative estimate of drug-likeness (QED) is 0.827. The third-order valence-corrected chi connectivity index (χ3v) is 4.53. The molecule has 0 aromatic carbocycles. The summed E-state index contributed by atoms with van der Waals surface area (Å²) in [5.74, 6) is -0.802. The van der Waals surface area contributed by atoms with E-state index < -0.39 is 11.9 Å². The number of likely N-dealkylation sites (tertiary alicyclic amines) is 1. The normalized spacial score (nSPS) is 20.2. The molecule has 24 heavy (non-hydrogen) atoms. The monoisotopic (exact) mass is 334 g/mol. The number of amides is 1. The molecule has 1 N–H and O–H groups in total. The smallest absolute Gasteiger partial charge is 0.308 e. The number of hydrogen-bond donors (Lipinski definition) is 1. The second-order valence-electron chi connectivity index (χ2n) is 6.33. The van der Waals surface area contributed by atoms with Crippen LogP contribution >= 0.6 is 0 Å². The predicted octanol–water partition coefficient (Wildman–Crippen LogP) is 2.29. The van der Waals surface area contributed by atoms with Gasteiger partial charge in [0.15, 0.2) is 6.61 Å². The van der Waals surface area contributed by atoms with Crippen LogP contribution < -0.4 is 4.74 Å². The van der Waals surface area contributed by atoms with Crippen molar-refractivity contribution in [2.75, 3.05) is 19.7 Å². The van der Waals surface area contributed by atoms with Gasteiger partial charge in [0.1, 0.15) is 5.75 Å². The fourth-order valence-corrected chi connectivity index (χ4v) is 3.23. The zero-order valence-electron chi connectivity index (χ0n) is 14.6. The Hall–Kier alpha value is -2.11. The second kappa shape index (κ2) is 8.13. The molecule has 6 nitrogen and oxygen atoms in total. The van der Waals surface area contributed by atoms with Crippen LogP contribution in [0, 0.1) is 18.8 Å². The summed E-state index contributed by atoms with van der Waals surface area (Å²) in [5.41, 5.74) is 1.74. The molecule has 6 heteroatoms. The molecule has 1 saturated heterocycles. The molecule has 1 aromatic rings. The minimum Gasteiger partial charge on any atom is -0.482 e. The van der Waals surface area contributed by atoms with Gasteiger partial charge in [0, 0.05) is 18.8 Å². The van der Waals surface area contributed by atoms with Crippen LogP contribution in [0.15, 0.2) is 12.1 Å². The van der Waals surface area contributed by atoms with Gasteiger partial charge in [-0.25, -0.2) is 0 Å². The fraction of sp³-hybridized carbons (Fsp3) is 0.611. The third-order valence-electron chi connectivity index (χ3n) is 4.53. The van der Waals surface area contributed by atoms with E-state index in [0.717, 1.165) is 30.7 Å². The molecule has 0 radical (unpaired) electrons. The molecule has 2 heterocycles. The molecule has 1 aromatic heterocycles. The number of aryl methyl sites for hydroxylation is 2. The van der Waals surface area contributed by atoms with E-state index in [1.165, 1.54) is 0 Å². The molecule has 0 unspecified atom stereocenters. The Morgan fingerprint density at radius 2 is 2.08 bits per heavy atom. The Morgan fingerprint density at radius 3 is 2.71 bits per heavy atom. The summed E-state index contributed by atoms with van der Waals surface area (Å²) in [4.78, 5) is 29.8. The van der Waals surface area contributed by atoms with Crippen LogP contribution in [0.25, 0.3) is 0 Å². The number of hydrogen-bond acceptors (Lipinski definition) is 4. The van der Waals surface area contributed by atoms with Gasteiger partial charge in [-0.15, -0.1) is 0 Å². The Morgan fingerprint density at radius 1 is 1.33 bits per heavy atom. The van der Waals surface area contributed by atoms with E-state index in [2.05, 4.69) is 4.98 Å². The molecule has 1 fully saturated rings. The van der Waals surface area contributed by atoms with Crippen molar-refractivity contribution in [3.05, 3.63) is 23.5 Å². The second-order valence-corrected chi connectivity index (χ2v) is 6.33. The van der Waals surface area contributed by atoms with E-state index in [9.17, 15) is 14.7 Å². The van der Waals surface area contributed by atoms with Crippen molar-refractivity contribution in [3.63, 3.8) is 0 Å². The van der Waals surface area contributed by atoms with Gasteiger partial charge < -0.3 is 14.7 Å². The van der Waals surface area contributed by atoms with Gasteiger partial charge in [-0.05, 0) is 37.8 Å². The van der Waals surface area contributed by atoms with Crippen molar-refractivity contribution < 1.29 is 19.4 Å². The van der Waals surface area contributed by atoms with E-state index >= 15 is 0 Å². The molecule has 1 aliphatic rings. The molecule has 2 atom stereocenters. The molecular formula is C18H26N2O4. The van der Waals surface area contributed by atoms with Crippen LogP contribution in [0.3, 0.4) is 0 Å². The predicted molar refractivity (Wildman–Crippen MR) is 90.0 cm³/mol. The van der Waals surface area contributed by atoms with E-state index in [1.807, 2.05) is 32.9 Å². The van der Waals surface area contributed by atoms with Gasteiger partial charge in [-0.3, -0.25) is 14.6 Å². The summed E-state index contributed by atoms with van der Waals surface area (Å²) in [7, 11) is 0. The van der Waals surface area contributed by atoms with Gasteiger partial charge in [-0.1, -0.05) is 20.3 Å². The summed E-state index contributed by atoms with van der Waals surface area (Å²) in [6.07, 6.45) is 2.47. The Balaban J connectivity index is 1.97. The first-order chi connectivity index (χ1) is 11.5. The maximum atomic E-state index is 12.4. The average Bonchev–Trinajstić information content (AvgIpc) is 2.98. The number of aromatic nitrogens is 1. The minimum atomic E-state index is -0.819. The maximum absolute atomic E-state index is 12.4. The Kier molecular flexibility index (Phi) is 6.17. The van der Waals surface area contributed by atoms with Gasteiger partial charge >= 0.3 is 5.97 Å². The molecular weight excluding hydrogens is 308 g/mol. The van der Waals surface area contributed by atoms with E-state index in [1.54, 1.807) is 4.90 Å². The van der Waals surface area contributed by atoms with Gasteiger partial charge in [0.25, 0.3) is 5.91 Å². The van der Waals surface area contributed by atoms with Crippen molar-refractivity contribution in [2.24, 2.45) is 11.8 Å². The van der Waals surface area contributed by atoms with Crippen molar-refractivity contribution in [1.29, 1.82) is 0 Å². The molecule has 1 aliphatic heterocycles. The van der Waals surface area contributed by atoms with Gasteiger partial charge in [0.2, 0.25) is 0 Å². The molecule has 2 rings (SSSR count). The van der Waals surface area contributed by atoms with Crippen LogP contribution in [-0.2, 0) is 16.0 Å². The highest BCUT2D eigenvalue weighted by Crippen LogP contribution is 2.28. The summed E-state index contributed by atoms with van der Waals surface area (Å²) in [6.45, 7) is 6.63. The van der Waals surface area contributed by atoms with E-state index in [4.69, 9.17) is 4.74 Å². The Labute approximate surface area is 142 Å². The summed E-state index contributed by atoms with van der Waals surface area (Å²) < 4.78 is 5.65. The van der Waals surface area contributed by atoms with Gasteiger partial charge in [-0.2, -0.15) is 0 Å². The number of carbonyl (C=O) groups excluding carboxylic acids is 1. The van der Waals surface area contributed by atoms with Crippen LogP contribution in [0.4, 0.5) is 0 Å². The van der Waals surface area contributed by atoms with Crippen molar-refractivity contribution >= 4 is 11.9 Å². The molecule has 0 spiro atoms. The Bertz CT molecular complexity index is 603. The fourth-order valence-electron chi connectivity index (χ4n) is 3.23. The lowest BCUT2D eigenvalue weighted by Gasteiger charge is -2.17. The number of ether oxygens (including phenoxy) is 1. The molecule has 0 aliphatic carbocycles. The molecule has 132 valence electrons. The maximum Gasteiger partial charge on any atom is 0.308 e. The summed E-state index contributed by atoms with van der Waals surface area (Å²) >= 11 is 0. The van der Waals surface area contributed by atoms with Crippen molar-refractivity contribution in [3.8, 4) is 5.75 Å². The number of aliphatic carboxylic acids is 1. The lowest BCUT2D eigenvalue weighted by Crippen LogP contribution is -2.34. The van der Waals surface area contributed by atoms with Crippen LogP contribution in [0.5, 0.6) is 5.75 Å². The van der Waals surface area contributed by atoms with E-state index in [0.29, 0.717) is 12.3 Å². The minimum absolute atomic E-state index is 0.0312. The van der Waals surface area contributed by atoms with Crippen LogP contribution in [0.2, 0.25) is 0 Å². The zero-order chi connectivity index (χ0) is 17.7. The van der Waals surface area contributed by atoms with Crippen molar-refractivity contribution in [2.45, 2.75) is 40.0 Å². The average molecular weight is 334 g/mol. The molecule has 0 saturated carbocycles. The summed E-state index contributed by atoms with van der Waals surface area (Å²) in [5, 5.41) is 9.33. The van der Waals surface area contributed by atoms with Crippen LogP contribution in [-0.4, -0.2) is 46.6 Å². The number of carboxylic acid groups (broad SMARTS) is 1. The van der Waals surface area contributed by atoms with Crippen LogP contribution in [0.1, 0.15) is 38.1 Å². The summed E-state index contributed by atoms with van der Waals surface area (Å²) in [6, 6.07) is 3.69. The first kappa shape index (κ1) is 18.2. The number of carboxylic acids is 1. The zero-order valence-corrected chi connectivity index (χ0v) is 14.6.